The number of ether oxygens (including phenoxy) is 4. The van der Waals surface area contributed by atoms with Crippen LogP contribution in [-0.4, -0.2) is 90.1 Å². The molecule has 0 amide bonds. The first-order valence-corrected chi connectivity index (χ1v) is 9.82. The van der Waals surface area contributed by atoms with Crippen LogP contribution in [0.4, 0.5) is 0 Å². The number of rotatable bonds is 17. The average molecular weight is 377 g/mol. The lowest BCUT2D eigenvalue weighted by atomic mass is 10.1. The van der Waals surface area contributed by atoms with E-state index in [9.17, 15) is 0 Å². The van der Waals surface area contributed by atoms with Gasteiger partial charge in [-0.2, -0.15) is 0 Å². The van der Waals surface area contributed by atoms with Gasteiger partial charge in [0.25, 0.3) is 0 Å². The summed E-state index contributed by atoms with van der Waals surface area (Å²) in [5.41, 5.74) is 0. The van der Waals surface area contributed by atoms with Crippen molar-refractivity contribution in [3.63, 3.8) is 0 Å². The van der Waals surface area contributed by atoms with Gasteiger partial charge in [0.1, 0.15) is 0 Å². The van der Waals surface area contributed by atoms with E-state index in [1.807, 2.05) is 13.8 Å². The molecule has 0 aromatic rings. The fourth-order valence-corrected chi connectivity index (χ4v) is 2.70. The van der Waals surface area contributed by atoms with E-state index in [1.54, 1.807) is 28.4 Å². The summed E-state index contributed by atoms with van der Waals surface area (Å²) < 4.78 is 21.6. The van der Waals surface area contributed by atoms with Gasteiger partial charge in [0.05, 0.1) is 0 Å². The first-order chi connectivity index (χ1) is 12.2. The van der Waals surface area contributed by atoms with E-state index < -0.39 is 11.6 Å². The molecule has 0 bridgehead atoms. The minimum atomic E-state index is -0.472. The SMILES string of the molecule is COC(C)(CCN(C)CCCCCCN(C)CCC(C)(OC)OC)OC. The van der Waals surface area contributed by atoms with Crippen LogP contribution < -0.4 is 0 Å². The third kappa shape index (κ3) is 11.5. The van der Waals surface area contributed by atoms with Crippen LogP contribution in [0.15, 0.2) is 0 Å². The van der Waals surface area contributed by atoms with Gasteiger partial charge in [-0.15, -0.1) is 0 Å². The predicted octanol–water partition coefficient (Wildman–Crippen LogP) is 3.21. The van der Waals surface area contributed by atoms with Crippen LogP contribution >= 0.6 is 0 Å². The molecule has 0 aromatic carbocycles. The molecule has 0 atom stereocenters. The number of hydrogen-bond donors (Lipinski definition) is 0. The highest BCUT2D eigenvalue weighted by Gasteiger charge is 2.23. The lowest BCUT2D eigenvalue weighted by Gasteiger charge is -2.29. The molecule has 0 rings (SSSR count). The van der Waals surface area contributed by atoms with Gasteiger partial charge in [-0.3, -0.25) is 0 Å². The van der Waals surface area contributed by atoms with Crippen LogP contribution in [0.5, 0.6) is 0 Å². The smallest absolute Gasteiger partial charge is 0.165 e. The molecule has 26 heavy (non-hydrogen) atoms. The second-order valence-corrected chi connectivity index (χ2v) is 7.60. The molecule has 0 fully saturated rings. The normalized spacial score (nSPS) is 13.2. The summed E-state index contributed by atoms with van der Waals surface area (Å²) in [6.45, 7) is 8.19. The van der Waals surface area contributed by atoms with E-state index in [1.165, 1.54) is 25.7 Å². The maximum atomic E-state index is 5.40. The maximum absolute atomic E-state index is 5.40. The molecule has 0 aliphatic carbocycles. The predicted molar refractivity (Wildman–Crippen MR) is 108 cm³/mol. The molecular weight excluding hydrogens is 332 g/mol. The fourth-order valence-electron chi connectivity index (χ4n) is 2.70. The molecule has 0 spiro atoms. The Morgan fingerprint density at radius 3 is 1.12 bits per heavy atom. The molecule has 6 nitrogen and oxygen atoms in total. The van der Waals surface area contributed by atoms with Crippen LogP contribution in [0.3, 0.4) is 0 Å². The zero-order valence-electron chi connectivity index (χ0n) is 18.6. The topological polar surface area (TPSA) is 43.4 Å². The van der Waals surface area contributed by atoms with Crippen LogP contribution in [0.1, 0.15) is 52.4 Å². The summed E-state index contributed by atoms with van der Waals surface area (Å²) in [4.78, 5) is 4.72. The summed E-state index contributed by atoms with van der Waals surface area (Å²) >= 11 is 0. The molecule has 158 valence electrons. The summed E-state index contributed by atoms with van der Waals surface area (Å²) in [7, 11) is 11.1. The van der Waals surface area contributed by atoms with Gasteiger partial charge in [0, 0.05) is 54.4 Å². The van der Waals surface area contributed by atoms with Gasteiger partial charge in [-0.05, 0) is 53.9 Å². The fraction of sp³-hybridized carbons (Fsp3) is 1.00. The Morgan fingerprint density at radius 1 is 0.538 bits per heavy atom. The molecule has 0 unspecified atom stereocenters. The molecule has 0 saturated carbocycles. The minimum absolute atomic E-state index is 0.472. The maximum Gasteiger partial charge on any atom is 0.165 e. The molecule has 0 saturated heterocycles. The number of unbranched alkanes of at least 4 members (excludes halogenated alkanes) is 3. The van der Waals surface area contributed by atoms with Crippen molar-refractivity contribution in [3.05, 3.63) is 0 Å². The number of hydrogen-bond acceptors (Lipinski definition) is 6. The largest absolute Gasteiger partial charge is 0.353 e. The van der Waals surface area contributed by atoms with Crippen LogP contribution in [0.25, 0.3) is 0 Å². The second kappa shape index (κ2) is 13.9. The van der Waals surface area contributed by atoms with E-state index in [2.05, 4.69) is 23.9 Å². The Kier molecular flexibility index (Phi) is 13.7. The van der Waals surface area contributed by atoms with Gasteiger partial charge >= 0.3 is 0 Å². The average Bonchev–Trinajstić information content (AvgIpc) is 2.66. The molecule has 0 aliphatic rings. The van der Waals surface area contributed by atoms with Gasteiger partial charge < -0.3 is 28.7 Å². The van der Waals surface area contributed by atoms with E-state index >= 15 is 0 Å². The summed E-state index contributed by atoms with van der Waals surface area (Å²) in [5.74, 6) is -0.943. The molecule has 0 aliphatic heterocycles. The Morgan fingerprint density at radius 2 is 0.846 bits per heavy atom. The van der Waals surface area contributed by atoms with E-state index in [0.29, 0.717) is 0 Å². The first kappa shape index (κ1) is 25.8. The Hall–Kier alpha value is -0.240. The third-order valence-corrected chi connectivity index (χ3v) is 5.45. The summed E-state index contributed by atoms with van der Waals surface area (Å²) in [6, 6.07) is 0. The lowest BCUT2D eigenvalue weighted by Crippen LogP contribution is -2.35. The zero-order chi connectivity index (χ0) is 20.1. The highest BCUT2D eigenvalue weighted by Crippen LogP contribution is 2.16. The first-order valence-electron chi connectivity index (χ1n) is 9.82. The second-order valence-electron chi connectivity index (χ2n) is 7.60. The Balaban J connectivity index is 3.69. The van der Waals surface area contributed by atoms with Crippen molar-refractivity contribution >= 4 is 0 Å². The molecule has 0 heterocycles. The van der Waals surface area contributed by atoms with E-state index in [-0.39, 0.29) is 0 Å². The number of methoxy groups -OCH3 is 4. The standard InChI is InChI=1S/C20H44N2O4/c1-19(23-5,24-6)13-17-21(3)15-11-9-10-12-16-22(4)18-14-20(2,25-7)26-8/h9-18H2,1-8H3. The van der Waals surface area contributed by atoms with Crippen molar-refractivity contribution < 1.29 is 18.9 Å². The number of nitrogens with zero attached hydrogens (tertiary/aromatic N) is 2. The Labute approximate surface area is 162 Å². The van der Waals surface area contributed by atoms with E-state index in [4.69, 9.17) is 18.9 Å². The third-order valence-electron chi connectivity index (χ3n) is 5.45. The van der Waals surface area contributed by atoms with Gasteiger partial charge in [0.15, 0.2) is 11.6 Å². The molecule has 0 aromatic heterocycles. The molecular formula is C20H44N2O4. The highest BCUT2D eigenvalue weighted by atomic mass is 16.7. The molecule has 0 radical (unpaired) electrons. The van der Waals surface area contributed by atoms with Crippen molar-refractivity contribution in [2.75, 3.05) is 68.7 Å². The van der Waals surface area contributed by atoms with E-state index in [0.717, 1.165) is 39.0 Å². The molecule has 6 heteroatoms. The van der Waals surface area contributed by atoms with Gasteiger partial charge in [-0.25, -0.2) is 0 Å². The van der Waals surface area contributed by atoms with Crippen molar-refractivity contribution in [1.29, 1.82) is 0 Å². The lowest BCUT2D eigenvalue weighted by molar-refractivity contribution is -0.198. The van der Waals surface area contributed by atoms with Gasteiger partial charge in [0.2, 0.25) is 0 Å². The Bertz CT molecular complexity index is 302. The van der Waals surface area contributed by atoms with Crippen molar-refractivity contribution in [3.8, 4) is 0 Å². The minimum Gasteiger partial charge on any atom is -0.353 e. The summed E-state index contributed by atoms with van der Waals surface area (Å²) in [5, 5.41) is 0. The van der Waals surface area contributed by atoms with Crippen molar-refractivity contribution in [2.45, 2.75) is 63.9 Å². The van der Waals surface area contributed by atoms with Crippen LogP contribution in [0, 0.1) is 0 Å². The highest BCUT2D eigenvalue weighted by molar-refractivity contribution is 4.66. The monoisotopic (exact) mass is 376 g/mol. The summed E-state index contributed by atoms with van der Waals surface area (Å²) in [6.07, 6.45) is 6.78. The van der Waals surface area contributed by atoms with Crippen LogP contribution in [-0.2, 0) is 18.9 Å². The zero-order valence-corrected chi connectivity index (χ0v) is 18.6. The van der Waals surface area contributed by atoms with Gasteiger partial charge in [-0.1, -0.05) is 12.8 Å². The molecule has 0 N–H and O–H groups in total. The van der Waals surface area contributed by atoms with Crippen molar-refractivity contribution in [1.82, 2.24) is 9.80 Å². The quantitative estimate of drug-likeness (QED) is 0.287. The van der Waals surface area contributed by atoms with Crippen LogP contribution in [0.2, 0.25) is 0 Å². The van der Waals surface area contributed by atoms with Crippen molar-refractivity contribution in [2.24, 2.45) is 0 Å².